The molecule has 2 N–H and O–H groups in total. The van der Waals surface area contributed by atoms with E-state index in [1.807, 2.05) is 6.07 Å². The molecule has 0 amide bonds. The predicted molar refractivity (Wildman–Crippen MR) is 87.2 cm³/mol. The topological polar surface area (TPSA) is 49.3 Å². The van der Waals surface area contributed by atoms with Crippen LogP contribution in [0.2, 0.25) is 0 Å². The summed E-state index contributed by atoms with van der Waals surface area (Å²) in [5, 5.41) is 6.81. The number of rotatable bonds is 3. The van der Waals surface area contributed by atoms with Gasteiger partial charge in [-0.3, -0.25) is 10.4 Å². The van der Waals surface area contributed by atoms with Gasteiger partial charge in [0.05, 0.1) is 11.3 Å². The summed E-state index contributed by atoms with van der Waals surface area (Å²) in [6.45, 7) is 1.76. The summed E-state index contributed by atoms with van der Waals surface area (Å²) < 4.78 is 37.9. The molecular weight excluding hydrogens is 325 g/mol. The Morgan fingerprint density at radius 2 is 2.00 bits per heavy atom. The summed E-state index contributed by atoms with van der Waals surface area (Å²) in [5.41, 5.74) is 3.52. The number of halogens is 3. The zero-order valence-electron chi connectivity index (χ0n) is 12.1. The van der Waals surface area contributed by atoms with Gasteiger partial charge in [0.1, 0.15) is 0 Å². The van der Waals surface area contributed by atoms with Crippen molar-refractivity contribution in [3.05, 3.63) is 59.9 Å². The van der Waals surface area contributed by atoms with Gasteiger partial charge in [0.15, 0.2) is 5.11 Å². The first kappa shape index (κ1) is 16.9. The molecular formula is C15H13F3N4S. The van der Waals surface area contributed by atoms with E-state index in [9.17, 15) is 13.2 Å². The first-order valence-electron chi connectivity index (χ1n) is 6.55. The van der Waals surface area contributed by atoms with Crippen molar-refractivity contribution in [1.82, 2.24) is 10.4 Å². The number of pyridine rings is 1. The van der Waals surface area contributed by atoms with Crippen molar-refractivity contribution < 1.29 is 13.2 Å². The molecule has 8 heteroatoms. The van der Waals surface area contributed by atoms with Crippen LogP contribution in [0, 0.1) is 0 Å². The average Bonchev–Trinajstić information content (AvgIpc) is 2.53. The van der Waals surface area contributed by atoms with Gasteiger partial charge in [-0.25, -0.2) is 0 Å². The summed E-state index contributed by atoms with van der Waals surface area (Å²) in [6.07, 6.45) is -1.12. The van der Waals surface area contributed by atoms with Gasteiger partial charge in [0.2, 0.25) is 0 Å². The third kappa shape index (κ3) is 5.03. The molecule has 4 nitrogen and oxygen atoms in total. The molecule has 1 aromatic heterocycles. The Balaban J connectivity index is 2.00. The second-order valence-corrected chi connectivity index (χ2v) is 4.99. The molecule has 0 saturated heterocycles. The molecule has 0 aliphatic carbocycles. The van der Waals surface area contributed by atoms with Crippen molar-refractivity contribution in [2.75, 3.05) is 5.32 Å². The van der Waals surface area contributed by atoms with Crippen LogP contribution in [-0.2, 0) is 6.18 Å². The Morgan fingerprint density at radius 3 is 2.65 bits per heavy atom. The second kappa shape index (κ2) is 7.19. The fourth-order valence-corrected chi connectivity index (χ4v) is 1.87. The molecule has 0 aliphatic heterocycles. The minimum absolute atomic E-state index is 0.0903. The largest absolute Gasteiger partial charge is 0.416 e. The zero-order valence-corrected chi connectivity index (χ0v) is 12.9. The summed E-state index contributed by atoms with van der Waals surface area (Å²) in [4.78, 5) is 3.97. The summed E-state index contributed by atoms with van der Waals surface area (Å²) >= 11 is 5.01. The molecule has 0 spiro atoms. The predicted octanol–water partition coefficient (Wildman–Crippen LogP) is 3.81. The fraction of sp³-hybridized carbons (Fsp3) is 0.133. The average molecular weight is 338 g/mol. The number of thiocarbonyl (C=S) groups is 1. The van der Waals surface area contributed by atoms with Crippen molar-refractivity contribution in [2.45, 2.75) is 13.1 Å². The maximum atomic E-state index is 12.6. The lowest BCUT2D eigenvalue weighted by atomic mass is 10.2. The van der Waals surface area contributed by atoms with E-state index < -0.39 is 11.7 Å². The Hall–Kier alpha value is -2.48. The molecule has 0 aliphatic rings. The Kier molecular flexibility index (Phi) is 5.28. The van der Waals surface area contributed by atoms with E-state index in [1.54, 1.807) is 25.4 Å². The molecule has 0 atom stereocenters. The number of nitrogens with zero attached hydrogens (tertiary/aromatic N) is 2. The molecule has 120 valence electrons. The fourth-order valence-electron chi connectivity index (χ4n) is 1.71. The Bertz CT molecular complexity index is 714. The van der Waals surface area contributed by atoms with Crippen molar-refractivity contribution in [3.63, 3.8) is 0 Å². The quantitative estimate of drug-likeness (QED) is 0.508. The molecule has 1 heterocycles. The zero-order chi connectivity index (χ0) is 16.9. The van der Waals surface area contributed by atoms with Crippen molar-refractivity contribution in [1.29, 1.82) is 0 Å². The molecule has 2 rings (SSSR count). The number of benzene rings is 1. The van der Waals surface area contributed by atoms with E-state index in [-0.39, 0.29) is 10.8 Å². The van der Waals surface area contributed by atoms with Gasteiger partial charge in [-0.2, -0.15) is 18.3 Å². The molecule has 0 saturated carbocycles. The maximum absolute atomic E-state index is 12.6. The van der Waals surface area contributed by atoms with Crippen LogP contribution < -0.4 is 10.7 Å². The minimum Gasteiger partial charge on any atom is -0.331 e. The van der Waals surface area contributed by atoms with E-state index in [0.717, 1.165) is 17.7 Å². The molecule has 0 radical (unpaired) electrons. The first-order chi connectivity index (χ1) is 10.9. The van der Waals surface area contributed by atoms with Crippen molar-refractivity contribution in [2.24, 2.45) is 5.10 Å². The standard InChI is InChI=1S/C15H13F3N4S/c1-10(11-4-3-7-19-9-11)21-22-14(23)20-13-6-2-5-12(8-13)15(16,17)18/h2-9H,1H3,(H2,20,22,23)/b21-10-. The van der Waals surface area contributed by atoms with Gasteiger partial charge in [-0.15, -0.1) is 0 Å². The van der Waals surface area contributed by atoms with Crippen molar-refractivity contribution in [3.8, 4) is 0 Å². The third-order valence-electron chi connectivity index (χ3n) is 2.85. The summed E-state index contributed by atoms with van der Waals surface area (Å²) in [5.74, 6) is 0. The number of hydrogen-bond donors (Lipinski definition) is 2. The highest BCUT2D eigenvalue weighted by atomic mass is 32.1. The highest BCUT2D eigenvalue weighted by Gasteiger charge is 2.30. The Labute approximate surface area is 136 Å². The lowest BCUT2D eigenvalue weighted by Gasteiger charge is -2.11. The van der Waals surface area contributed by atoms with Gasteiger partial charge in [-0.1, -0.05) is 12.1 Å². The minimum atomic E-state index is -4.40. The maximum Gasteiger partial charge on any atom is 0.416 e. The lowest BCUT2D eigenvalue weighted by Crippen LogP contribution is -2.25. The molecule has 2 aromatic rings. The second-order valence-electron chi connectivity index (χ2n) is 4.58. The smallest absolute Gasteiger partial charge is 0.331 e. The van der Waals surface area contributed by atoms with E-state index in [0.29, 0.717) is 5.71 Å². The number of nitrogens with one attached hydrogen (secondary N) is 2. The van der Waals surface area contributed by atoms with E-state index in [1.165, 1.54) is 12.1 Å². The molecule has 0 unspecified atom stereocenters. The molecule has 0 fully saturated rings. The number of anilines is 1. The normalized spacial score (nSPS) is 11.9. The summed E-state index contributed by atoms with van der Waals surface area (Å²) in [7, 11) is 0. The van der Waals surface area contributed by atoms with Crippen LogP contribution in [-0.4, -0.2) is 15.8 Å². The summed E-state index contributed by atoms with van der Waals surface area (Å²) in [6, 6.07) is 8.36. The van der Waals surface area contributed by atoms with E-state index in [4.69, 9.17) is 12.2 Å². The van der Waals surface area contributed by atoms with Crippen LogP contribution in [0.25, 0.3) is 0 Å². The van der Waals surface area contributed by atoms with Crippen LogP contribution in [0.3, 0.4) is 0 Å². The monoisotopic (exact) mass is 338 g/mol. The van der Waals surface area contributed by atoms with Gasteiger partial charge in [0.25, 0.3) is 0 Å². The SMILES string of the molecule is C/C(=N/NC(=S)Nc1cccc(C(F)(F)F)c1)c1cccnc1. The highest BCUT2D eigenvalue weighted by molar-refractivity contribution is 7.80. The van der Waals surface area contributed by atoms with Crippen LogP contribution in [0.5, 0.6) is 0 Å². The number of aromatic nitrogens is 1. The van der Waals surface area contributed by atoms with Gasteiger partial charge in [0, 0.05) is 23.6 Å². The van der Waals surface area contributed by atoms with E-state index >= 15 is 0 Å². The lowest BCUT2D eigenvalue weighted by molar-refractivity contribution is -0.137. The van der Waals surface area contributed by atoms with Crippen molar-refractivity contribution >= 4 is 28.7 Å². The van der Waals surface area contributed by atoms with Gasteiger partial charge in [-0.05, 0) is 43.4 Å². The van der Waals surface area contributed by atoms with Crippen LogP contribution in [0.15, 0.2) is 53.9 Å². The first-order valence-corrected chi connectivity index (χ1v) is 6.96. The van der Waals surface area contributed by atoms with Crippen LogP contribution in [0.1, 0.15) is 18.1 Å². The van der Waals surface area contributed by atoms with Crippen LogP contribution in [0.4, 0.5) is 18.9 Å². The van der Waals surface area contributed by atoms with Gasteiger partial charge >= 0.3 is 6.18 Å². The van der Waals surface area contributed by atoms with Crippen LogP contribution >= 0.6 is 12.2 Å². The molecule has 1 aromatic carbocycles. The highest BCUT2D eigenvalue weighted by Crippen LogP contribution is 2.30. The number of hydrazone groups is 1. The van der Waals surface area contributed by atoms with Gasteiger partial charge < -0.3 is 5.32 Å². The molecule has 23 heavy (non-hydrogen) atoms. The number of hydrogen-bond acceptors (Lipinski definition) is 3. The van der Waals surface area contributed by atoms with E-state index in [2.05, 4.69) is 20.8 Å². The third-order valence-corrected chi connectivity index (χ3v) is 3.05. The Morgan fingerprint density at radius 1 is 1.22 bits per heavy atom. The molecule has 0 bridgehead atoms. The number of alkyl halides is 3.